The average Bonchev–Trinajstić information content (AvgIpc) is 2.40. The third kappa shape index (κ3) is 3.57. The smallest absolute Gasteiger partial charge is 0.192 e. The highest BCUT2D eigenvalue weighted by Gasteiger charge is 2.15. The molecule has 1 aromatic carbocycles. The van der Waals surface area contributed by atoms with E-state index in [4.69, 9.17) is 4.74 Å². The number of aromatic hydroxyl groups is 1. The Labute approximate surface area is 108 Å². The summed E-state index contributed by atoms with van der Waals surface area (Å²) in [5.41, 5.74) is 0.348. The second-order valence-corrected chi connectivity index (χ2v) is 4.96. The highest BCUT2D eigenvalue weighted by molar-refractivity contribution is 5.99. The van der Waals surface area contributed by atoms with Gasteiger partial charge in [0.05, 0.1) is 12.2 Å². The zero-order valence-corrected chi connectivity index (χ0v) is 10.6. The van der Waals surface area contributed by atoms with Gasteiger partial charge in [-0.25, -0.2) is 0 Å². The molecule has 1 aliphatic rings. The number of carbonyl (C=O) groups excluding carboxylic acids is 1. The minimum atomic E-state index is -0.149. The highest BCUT2D eigenvalue weighted by Crippen LogP contribution is 2.24. The van der Waals surface area contributed by atoms with E-state index in [0.29, 0.717) is 18.1 Å². The molecule has 18 heavy (non-hydrogen) atoms. The maximum Gasteiger partial charge on any atom is 0.192 e. The van der Waals surface area contributed by atoms with Gasteiger partial charge < -0.3 is 9.84 Å². The standard InChI is InChI=1S/C15H20O3/c16-14-9-5-4-8-13(14)15(17)11-18-10-12-6-2-1-3-7-12/h4-5,8-9,12,16H,1-3,6-7,10-11H2. The van der Waals surface area contributed by atoms with Crippen LogP contribution >= 0.6 is 0 Å². The summed E-state index contributed by atoms with van der Waals surface area (Å²) in [6.07, 6.45) is 6.31. The normalized spacial score (nSPS) is 16.7. The summed E-state index contributed by atoms with van der Waals surface area (Å²) in [6, 6.07) is 6.60. The van der Waals surface area contributed by atoms with Crippen molar-refractivity contribution in [3.63, 3.8) is 0 Å². The summed E-state index contributed by atoms with van der Waals surface area (Å²) < 4.78 is 5.48. The van der Waals surface area contributed by atoms with Crippen LogP contribution in [-0.4, -0.2) is 24.1 Å². The fourth-order valence-corrected chi connectivity index (χ4v) is 2.46. The molecular weight excluding hydrogens is 228 g/mol. The fourth-order valence-electron chi connectivity index (χ4n) is 2.46. The van der Waals surface area contributed by atoms with E-state index in [9.17, 15) is 9.90 Å². The van der Waals surface area contributed by atoms with Crippen LogP contribution in [-0.2, 0) is 4.74 Å². The number of carbonyl (C=O) groups is 1. The van der Waals surface area contributed by atoms with Crippen LogP contribution in [0.1, 0.15) is 42.5 Å². The molecule has 0 radical (unpaired) electrons. The predicted octanol–water partition coefficient (Wildman–Crippen LogP) is 3.17. The van der Waals surface area contributed by atoms with E-state index < -0.39 is 0 Å². The molecule has 0 atom stereocenters. The first-order valence-corrected chi connectivity index (χ1v) is 6.66. The summed E-state index contributed by atoms with van der Waals surface area (Å²) in [6.45, 7) is 0.730. The van der Waals surface area contributed by atoms with Crippen molar-refractivity contribution in [1.82, 2.24) is 0 Å². The van der Waals surface area contributed by atoms with E-state index in [1.807, 2.05) is 0 Å². The molecule has 0 saturated heterocycles. The number of para-hydroxylation sites is 1. The lowest BCUT2D eigenvalue weighted by Gasteiger charge is -2.21. The minimum absolute atomic E-state index is 0.0313. The van der Waals surface area contributed by atoms with Crippen molar-refractivity contribution in [2.75, 3.05) is 13.2 Å². The third-order valence-electron chi connectivity index (χ3n) is 3.52. The monoisotopic (exact) mass is 248 g/mol. The molecule has 1 saturated carbocycles. The SMILES string of the molecule is O=C(COCC1CCCCC1)c1ccccc1O. The Morgan fingerprint density at radius 3 is 2.67 bits per heavy atom. The van der Waals surface area contributed by atoms with Gasteiger partial charge in [-0.1, -0.05) is 31.4 Å². The van der Waals surface area contributed by atoms with Gasteiger partial charge in [-0.2, -0.15) is 0 Å². The first-order chi connectivity index (χ1) is 8.77. The molecule has 0 bridgehead atoms. The molecule has 0 aromatic heterocycles. The Hall–Kier alpha value is -1.35. The van der Waals surface area contributed by atoms with Gasteiger partial charge in [-0.05, 0) is 30.9 Å². The number of ketones is 1. The van der Waals surface area contributed by atoms with Crippen LogP contribution in [0.25, 0.3) is 0 Å². The van der Waals surface area contributed by atoms with Crippen molar-refractivity contribution in [3.05, 3.63) is 29.8 Å². The molecular formula is C15H20O3. The number of phenolic OH excluding ortho intramolecular Hbond substituents is 1. The number of Topliss-reactive ketones (excluding diaryl/α,β-unsaturated/α-hetero) is 1. The van der Waals surface area contributed by atoms with Gasteiger partial charge in [-0.15, -0.1) is 0 Å². The molecule has 0 amide bonds. The number of rotatable bonds is 5. The Morgan fingerprint density at radius 2 is 1.94 bits per heavy atom. The molecule has 1 N–H and O–H groups in total. The highest BCUT2D eigenvalue weighted by atomic mass is 16.5. The summed E-state index contributed by atoms with van der Waals surface area (Å²) in [7, 11) is 0. The van der Waals surface area contributed by atoms with Crippen LogP contribution in [0.15, 0.2) is 24.3 Å². The number of hydrogen-bond donors (Lipinski definition) is 1. The van der Waals surface area contributed by atoms with E-state index in [2.05, 4.69) is 0 Å². The molecule has 1 aliphatic carbocycles. The third-order valence-corrected chi connectivity index (χ3v) is 3.52. The zero-order chi connectivity index (χ0) is 12.8. The van der Waals surface area contributed by atoms with E-state index in [1.54, 1.807) is 18.2 Å². The van der Waals surface area contributed by atoms with E-state index in [0.717, 1.165) is 0 Å². The second-order valence-electron chi connectivity index (χ2n) is 4.96. The van der Waals surface area contributed by atoms with Crippen molar-refractivity contribution in [1.29, 1.82) is 0 Å². The Bertz CT molecular complexity index is 394. The topological polar surface area (TPSA) is 46.5 Å². The molecule has 0 aliphatic heterocycles. The van der Waals surface area contributed by atoms with Crippen LogP contribution < -0.4 is 0 Å². The number of ether oxygens (including phenoxy) is 1. The van der Waals surface area contributed by atoms with Gasteiger partial charge in [0, 0.05) is 0 Å². The van der Waals surface area contributed by atoms with Crippen LogP contribution in [0, 0.1) is 5.92 Å². The molecule has 0 spiro atoms. The van der Waals surface area contributed by atoms with Crippen molar-refractivity contribution >= 4 is 5.78 Å². The van der Waals surface area contributed by atoms with Gasteiger partial charge >= 0.3 is 0 Å². The predicted molar refractivity (Wildman–Crippen MR) is 69.8 cm³/mol. The summed E-state index contributed by atoms with van der Waals surface area (Å²) in [5, 5.41) is 9.55. The largest absolute Gasteiger partial charge is 0.507 e. The quantitative estimate of drug-likeness (QED) is 0.814. The fraction of sp³-hybridized carbons (Fsp3) is 0.533. The van der Waals surface area contributed by atoms with Crippen molar-refractivity contribution in [3.8, 4) is 5.75 Å². The van der Waals surface area contributed by atoms with E-state index in [1.165, 1.54) is 38.2 Å². The van der Waals surface area contributed by atoms with E-state index >= 15 is 0 Å². The Kier molecular flexibility index (Phi) is 4.76. The summed E-state index contributed by atoms with van der Waals surface area (Å²) in [4.78, 5) is 11.8. The Morgan fingerprint density at radius 1 is 1.22 bits per heavy atom. The van der Waals surface area contributed by atoms with Crippen molar-refractivity contribution in [2.45, 2.75) is 32.1 Å². The van der Waals surface area contributed by atoms with E-state index in [-0.39, 0.29) is 18.1 Å². The van der Waals surface area contributed by atoms with Crippen LogP contribution in [0.2, 0.25) is 0 Å². The molecule has 3 heteroatoms. The summed E-state index contributed by atoms with van der Waals surface area (Å²) in [5.74, 6) is 0.489. The van der Waals surface area contributed by atoms with Crippen LogP contribution in [0.3, 0.4) is 0 Å². The van der Waals surface area contributed by atoms with Gasteiger partial charge in [0.25, 0.3) is 0 Å². The van der Waals surface area contributed by atoms with Gasteiger partial charge in [0.15, 0.2) is 5.78 Å². The van der Waals surface area contributed by atoms with Crippen LogP contribution in [0.5, 0.6) is 5.75 Å². The summed E-state index contributed by atoms with van der Waals surface area (Å²) >= 11 is 0. The zero-order valence-electron chi connectivity index (χ0n) is 10.6. The number of phenols is 1. The van der Waals surface area contributed by atoms with Gasteiger partial charge in [0.2, 0.25) is 0 Å². The minimum Gasteiger partial charge on any atom is -0.507 e. The lowest BCUT2D eigenvalue weighted by atomic mass is 9.90. The lowest BCUT2D eigenvalue weighted by Crippen LogP contribution is -2.17. The number of hydrogen-bond acceptors (Lipinski definition) is 3. The molecule has 3 nitrogen and oxygen atoms in total. The van der Waals surface area contributed by atoms with Gasteiger partial charge in [-0.3, -0.25) is 4.79 Å². The molecule has 2 rings (SSSR count). The lowest BCUT2D eigenvalue weighted by molar-refractivity contribution is 0.0626. The number of benzene rings is 1. The maximum atomic E-state index is 11.8. The first-order valence-electron chi connectivity index (χ1n) is 6.66. The van der Waals surface area contributed by atoms with Crippen molar-refractivity contribution < 1.29 is 14.6 Å². The van der Waals surface area contributed by atoms with Gasteiger partial charge in [0.1, 0.15) is 12.4 Å². The average molecular weight is 248 g/mol. The van der Waals surface area contributed by atoms with Crippen LogP contribution in [0.4, 0.5) is 0 Å². The maximum absolute atomic E-state index is 11.8. The molecule has 0 heterocycles. The molecule has 1 fully saturated rings. The second kappa shape index (κ2) is 6.55. The van der Waals surface area contributed by atoms with Crippen molar-refractivity contribution in [2.24, 2.45) is 5.92 Å². The molecule has 1 aromatic rings. The molecule has 98 valence electrons. The Balaban J connectivity index is 1.76. The first kappa shape index (κ1) is 13.1. The molecule has 0 unspecified atom stereocenters.